The molecule has 0 aromatic heterocycles. The van der Waals surface area contributed by atoms with Crippen molar-refractivity contribution in [3.05, 3.63) is 59.7 Å². The molecule has 0 bridgehead atoms. The Morgan fingerprint density at radius 3 is 2.15 bits per heavy atom. The van der Waals surface area contributed by atoms with Gasteiger partial charge in [-0.2, -0.15) is 13.2 Å². The van der Waals surface area contributed by atoms with Crippen LogP contribution >= 0.6 is 0 Å². The molecular weight excluding hydrogens is 271 g/mol. The molecular formula is C14H10F3NO2. The van der Waals surface area contributed by atoms with Crippen molar-refractivity contribution in [2.45, 2.75) is 6.18 Å². The Morgan fingerprint density at radius 1 is 1.00 bits per heavy atom. The molecule has 0 fully saturated rings. The zero-order valence-corrected chi connectivity index (χ0v) is 10.1. The molecule has 0 radical (unpaired) electrons. The number of nitrogens with two attached hydrogens (primary N) is 1. The summed E-state index contributed by atoms with van der Waals surface area (Å²) in [6.07, 6.45) is -4.50. The minimum absolute atomic E-state index is 0.187. The van der Waals surface area contributed by atoms with Crippen molar-refractivity contribution < 1.29 is 22.7 Å². The number of amides is 1. The highest BCUT2D eigenvalue weighted by molar-refractivity contribution is 5.92. The van der Waals surface area contributed by atoms with Gasteiger partial charge in [0.05, 0.1) is 5.56 Å². The Hall–Kier alpha value is -2.50. The maximum Gasteiger partial charge on any atom is 0.419 e. The molecule has 0 saturated heterocycles. The van der Waals surface area contributed by atoms with E-state index in [9.17, 15) is 18.0 Å². The number of alkyl halides is 3. The zero-order valence-electron chi connectivity index (χ0n) is 10.1. The zero-order chi connectivity index (χ0) is 14.8. The Kier molecular flexibility index (Phi) is 3.65. The maximum absolute atomic E-state index is 12.8. The highest BCUT2D eigenvalue weighted by atomic mass is 19.4. The van der Waals surface area contributed by atoms with E-state index in [2.05, 4.69) is 0 Å². The number of para-hydroxylation sites is 1. The summed E-state index contributed by atoms with van der Waals surface area (Å²) >= 11 is 0. The molecule has 104 valence electrons. The van der Waals surface area contributed by atoms with Crippen molar-refractivity contribution in [3.8, 4) is 11.5 Å². The predicted octanol–water partition coefficient (Wildman–Crippen LogP) is 3.60. The number of ether oxygens (including phenoxy) is 1. The summed E-state index contributed by atoms with van der Waals surface area (Å²) in [5.41, 5.74) is 4.46. The van der Waals surface area contributed by atoms with Gasteiger partial charge in [-0.3, -0.25) is 4.79 Å². The van der Waals surface area contributed by atoms with E-state index >= 15 is 0 Å². The largest absolute Gasteiger partial charge is 0.457 e. The van der Waals surface area contributed by atoms with Crippen molar-refractivity contribution in [1.82, 2.24) is 0 Å². The molecule has 2 rings (SSSR count). The molecule has 2 aromatic carbocycles. The minimum atomic E-state index is -4.50. The number of carbonyl (C=O) groups excluding carboxylic acids is 1. The molecule has 2 aromatic rings. The summed E-state index contributed by atoms with van der Waals surface area (Å²) in [5, 5.41) is 0. The fourth-order valence-electron chi connectivity index (χ4n) is 1.60. The van der Waals surface area contributed by atoms with Crippen molar-refractivity contribution >= 4 is 5.91 Å². The van der Waals surface area contributed by atoms with Crippen LogP contribution in [0.5, 0.6) is 11.5 Å². The molecule has 0 aliphatic heterocycles. The smallest absolute Gasteiger partial charge is 0.419 e. The van der Waals surface area contributed by atoms with Gasteiger partial charge in [0.1, 0.15) is 11.5 Å². The second-order valence-electron chi connectivity index (χ2n) is 3.98. The van der Waals surface area contributed by atoms with Crippen molar-refractivity contribution in [3.63, 3.8) is 0 Å². The number of hydrogen-bond donors (Lipinski definition) is 1. The first-order chi connectivity index (χ1) is 9.38. The summed E-state index contributed by atoms with van der Waals surface area (Å²) in [6.45, 7) is 0. The van der Waals surface area contributed by atoms with E-state index in [4.69, 9.17) is 10.5 Å². The van der Waals surface area contributed by atoms with Crippen molar-refractivity contribution in [2.75, 3.05) is 0 Å². The first-order valence-corrected chi connectivity index (χ1v) is 5.62. The van der Waals surface area contributed by atoms with E-state index in [1.54, 1.807) is 0 Å². The predicted molar refractivity (Wildman–Crippen MR) is 66.5 cm³/mol. The first kappa shape index (κ1) is 13.9. The van der Waals surface area contributed by atoms with Gasteiger partial charge < -0.3 is 10.5 Å². The number of carbonyl (C=O) groups is 1. The van der Waals surface area contributed by atoms with Gasteiger partial charge in [0.2, 0.25) is 5.91 Å². The van der Waals surface area contributed by atoms with E-state index in [-0.39, 0.29) is 17.1 Å². The number of rotatable bonds is 3. The second-order valence-corrected chi connectivity index (χ2v) is 3.98. The SMILES string of the molecule is NC(=O)c1ccc(Oc2ccccc2C(F)(F)F)cc1. The van der Waals surface area contributed by atoms with Crippen LogP contribution in [0.15, 0.2) is 48.5 Å². The van der Waals surface area contributed by atoms with E-state index < -0.39 is 17.6 Å². The molecule has 3 nitrogen and oxygen atoms in total. The average molecular weight is 281 g/mol. The average Bonchev–Trinajstić information content (AvgIpc) is 2.38. The van der Waals surface area contributed by atoms with Crippen LogP contribution in [0.25, 0.3) is 0 Å². The summed E-state index contributed by atoms with van der Waals surface area (Å²) in [5.74, 6) is -0.731. The van der Waals surface area contributed by atoms with E-state index in [0.717, 1.165) is 6.07 Å². The molecule has 0 spiro atoms. The van der Waals surface area contributed by atoms with Gasteiger partial charge >= 0.3 is 6.18 Å². The lowest BCUT2D eigenvalue weighted by Gasteiger charge is -2.13. The number of halogens is 3. The van der Waals surface area contributed by atoms with Crippen LogP contribution in [0.4, 0.5) is 13.2 Å². The van der Waals surface area contributed by atoms with Crippen LogP contribution in [0, 0.1) is 0 Å². The Morgan fingerprint density at radius 2 is 1.60 bits per heavy atom. The second kappa shape index (κ2) is 5.24. The summed E-state index contributed by atoms with van der Waals surface area (Å²) in [7, 11) is 0. The maximum atomic E-state index is 12.8. The minimum Gasteiger partial charge on any atom is -0.457 e. The molecule has 0 heterocycles. The van der Waals surface area contributed by atoms with Gasteiger partial charge in [-0.15, -0.1) is 0 Å². The highest BCUT2D eigenvalue weighted by Gasteiger charge is 2.34. The first-order valence-electron chi connectivity index (χ1n) is 5.62. The lowest BCUT2D eigenvalue weighted by molar-refractivity contribution is -0.138. The van der Waals surface area contributed by atoms with E-state index in [1.807, 2.05) is 0 Å². The van der Waals surface area contributed by atoms with Crippen LogP contribution in [-0.4, -0.2) is 5.91 Å². The lowest BCUT2D eigenvalue weighted by atomic mass is 10.2. The number of hydrogen-bond acceptors (Lipinski definition) is 2. The molecule has 6 heteroatoms. The normalized spacial score (nSPS) is 11.2. The van der Waals surface area contributed by atoms with Gasteiger partial charge in [-0.05, 0) is 36.4 Å². The highest BCUT2D eigenvalue weighted by Crippen LogP contribution is 2.37. The fraction of sp³-hybridized carbons (Fsp3) is 0.0714. The monoisotopic (exact) mass is 281 g/mol. The summed E-state index contributed by atoms with van der Waals surface area (Å²) in [4.78, 5) is 10.9. The Labute approximate surface area is 112 Å². The van der Waals surface area contributed by atoms with Gasteiger partial charge in [0, 0.05) is 5.56 Å². The third-order valence-corrected chi connectivity index (χ3v) is 2.56. The molecule has 0 saturated carbocycles. The summed E-state index contributed by atoms with van der Waals surface area (Å²) < 4.78 is 43.5. The van der Waals surface area contributed by atoms with Gasteiger partial charge in [0.15, 0.2) is 0 Å². The Bertz CT molecular complexity index is 621. The van der Waals surface area contributed by atoms with E-state index in [1.165, 1.54) is 42.5 Å². The topological polar surface area (TPSA) is 52.3 Å². The van der Waals surface area contributed by atoms with Crippen LogP contribution in [0.2, 0.25) is 0 Å². The molecule has 0 aliphatic carbocycles. The van der Waals surface area contributed by atoms with E-state index in [0.29, 0.717) is 0 Å². The summed E-state index contributed by atoms with van der Waals surface area (Å²) in [6, 6.07) is 10.4. The van der Waals surface area contributed by atoms with Gasteiger partial charge in [0.25, 0.3) is 0 Å². The van der Waals surface area contributed by atoms with Gasteiger partial charge in [-0.25, -0.2) is 0 Å². The third-order valence-electron chi connectivity index (χ3n) is 2.56. The van der Waals surface area contributed by atoms with Crippen LogP contribution in [-0.2, 0) is 6.18 Å². The van der Waals surface area contributed by atoms with Crippen LogP contribution in [0.3, 0.4) is 0 Å². The van der Waals surface area contributed by atoms with Crippen LogP contribution < -0.4 is 10.5 Å². The third kappa shape index (κ3) is 3.09. The molecule has 2 N–H and O–H groups in total. The number of benzene rings is 2. The quantitative estimate of drug-likeness (QED) is 0.934. The van der Waals surface area contributed by atoms with Crippen molar-refractivity contribution in [1.29, 1.82) is 0 Å². The molecule has 20 heavy (non-hydrogen) atoms. The molecule has 1 amide bonds. The standard InChI is InChI=1S/C14H10F3NO2/c15-14(16,17)11-3-1-2-4-12(11)20-10-7-5-9(6-8-10)13(18)19/h1-8H,(H2,18,19). The molecule has 0 unspecified atom stereocenters. The molecule has 0 aliphatic rings. The van der Waals surface area contributed by atoms with Gasteiger partial charge in [-0.1, -0.05) is 12.1 Å². The molecule has 0 atom stereocenters. The fourth-order valence-corrected chi connectivity index (χ4v) is 1.60. The van der Waals surface area contributed by atoms with Crippen LogP contribution in [0.1, 0.15) is 15.9 Å². The Balaban J connectivity index is 2.28. The van der Waals surface area contributed by atoms with Crippen molar-refractivity contribution in [2.24, 2.45) is 5.73 Å². The lowest BCUT2D eigenvalue weighted by Crippen LogP contribution is -2.10. The number of primary amides is 1.